The molecule has 2 heterocycles. The lowest BCUT2D eigenvalue weighted by Gasteiger charge is -2.03. The minimum Gasteiger partial charge on any atom is -0.308 e. The molecule has 0 unspecified atom stereocenters. The molecular weight excluding hydrogens is 233 g/mol. The summed E-state index contributed by atoms with van der Waals surface area (Å²) in [5.74, 6) is -0.275. The molecule has 98 valence electrons. The minimum absolute atomic E-state index is 0.275. The standard InChI is InChI=1S/C12H18FN5/c1-8-10(7-17(3)15-8)5-14-6-11-9(2)16-18(4)12(11)13/h7,14H,5-6H2,1-4H3. The third-order valence-corrected chi connectivity index (χ3v) is 3.00. The topological polar surface area (TPSA) is 47.7 Å². The monoisotopic (exact) mass is 251 g/mol. The fraction of sp³-hybridized carbons (Fsp3) is 0.500. The van der Waals surface area contributed by atoms with Crippen molar-refractivity contribution in [3.63, 3.8) is 0 Å². The summed E-state index contributed by atoms with van der Waals surface area (Å²) < 4.78 is 16.7. The molecule has 1 N–H and O–H groups in total. The first-order chi connectivity index (χ1) is 8.49. The van der Waals surface area contributed by atoms with E-state index in [0.29, 0.717) is 18.7 Å². The van der Waals surface area contributed by atoms with Gasteiger partial charge in [-0.05, 0) is 13.8 Å². The molecule has 6 heteroatoms. The van der Waals surface area contributed by atoms with Crippen molar-refractivity contribution in [2.24, 2.45) is 14.1 Å². The zero-order valence-corrected chi connectivity index (χ0v) is 11.2. The number of nitrogens with one attached hydrogen (secondary N) is 1. The summed E-state index contributed by atoms with van der Waals surface area (Å²) in [6, 6.07) is 0. The van der Waals surface area contributed by atoms with Gasteiger partial charge in [0.1, 0.15) is 0 Å². The Morgan fingerprint density at radius 2 is 1.89 bits per heavy atom. The Labute approximate surface area is 106 Å². The second-order valence-corrected chi connectivity index (χ2v) is 4.50. The van der Waals surface area contributed by atoms with Gasteiger partial charge in [-0.1, -0.05) is 0 Å². The molecule has 0 aliphatic rings. The number of hydrogen-bond donors (Lipinski definition) is 1. The highest BCUT2D eigenvalue weighted by molar-refractivity contribution is 5.18. The number of nitrogens with zero attached hydrogens (tertiary/aromatic N) is 4. The molecule has 2 aromatic heterocycles. The van der Waals surface area contributed by atoms with Crippen LogP contribution in [0.1, 0.15) is 22.5 Å². The largest absolute Gasteiger partial charge is 0.308 e. The van der Waals surface area contributed by atoms with Crippen molar-refractivity contribution < 1.29 is 4.39 Å². The van der Waals surface area contributed by atoms with Gasteiger partial charge in [0.2, 0.25) is 5.95 Å². The molecule has 5 nitrogen and oxygen atoms in total. The first-order valence-electron chi connectivity index (χ1n) is 5.87. The number of hydrogen-bond acceptors (Lipinski definition) is 3. The molecule has 2 aromatic rings. The molecule has 0 aromatic carbocycles. The maximum Gasteiger partial charge on any atom is 0.215 e. The number of halogens is 1. The quantitative estimate of drug-likeness (QED) is 0.888. The fourth-order valence-corrected chi connectivity index (χ4v) is 2.02. The average molecular weight is 251 g/mol. The number of rotatable bonds is 4. The van der Waals surface area contributed by atoms with Gasteiger partial charge in [0, 0.05) is 44.5 Å². The summed E-state index contributed by atoms with van der Waals surface area (Å²) in [5, 5.41) is 11.5. The molecule has 0 fully saturated rings. The van der Waals surface area contributed by atoms with Gasteiger partial charge in [-0.25, -0.2) is 4.68 Å². The zero-order chi connectivity index (χ0) is 13.3. The van der Waals surface area contributed by atoms with Crippen molar-refractivity contribution in [3.8, 4) is 0 Å². The second-order valence-electron chi connectivity index (χ2n) is 4.50. The molecule has 0 spiro atoms. The third kappa shape index (κ3) is 2.43. The van der Waals surface area contributed by atoms with E-state index in [1.165, 1.54) is 4.68 Å². The smallest absolute Gasteiger partial charge is 0.215 e. The van der Waals surface area contributed by atoms with Crippen LogP contribution in [-0.2, 0) is 27.2 Å². The molecule has 0 bridgehead atoms. The molecule has 2 rings (SSSR count). The van der Waals surface area contributed by atoms with E-state index in [2.05, 4.69) is 15.5 Å². The Bertz CT molecular complexity index is 555. The first-order valence-corrected chi connectivity index (χ1v) is 5.87. The van der Waals surface area contributed by atoms with E-state index in [-0.39, 0.29) is 5.95 Å². The van der Waals surface area contributed by atoms with E-state index in [0.717, 1.165) is 17.0 Å². The second kappa shape index (κ2) is 4.89. The van der Waals surface area contributed by atoms with E-state index in [1.807, 2.05) is 27.1 Å². The summed E-state index contributed by atoms with van der Waals surface area (Å²) in [7, 11) is 3.50. The van der Waals surface area contributed by atoms with Gasteiger partial charge in [0.25, 0.3) is 0 Å². The average Bonchev–Trinajstić information content (AvgIpc) is 2.73. The van der Waals surface area contributed by atoms with E-state index < -0.39 is 0 Å². The third-order valence-electron chi connectivity index (χ3n) is 3.00. The van der Waals surface area contributed by atoms with Gasteiger partial charge >= 0.3 is 0 Å². The molecule has 0 atom stereocenters. The predicted molar refractivity (Wildman–Crippen MR) is 66.4 cm³/mol. The van der Waals surface area contributed by atoms with E-state index in [9.17, 15) is 4.39 Å². The van der Waals surface area contributed by atoms with Crippen molar-refractivity contribution in [3.05, 3.63) is 34.7 Å². The van der Waals surface area contributed by atoms with Crippen LogP contribution in [0.3, 0.4) is 0 Å². The summed E-state index contributed by atoms with van der Waals surface area (Å²) in [5.41, 5.74) is 3.47. The summed E-state index contributed by atoms with van der Waals surface area (Å²) in [6.07, 6.45) is 1.97. The van der Waals surface area contributed by atoms with Crippen molar-refractivity contribution >= 4 is 0 Å². The van der Waals surface area contributed by atoms with Crippen LogP contribution in [0.5, 0.6) is 0 Å². The summed E-state index contributed by atoms with van der Waals surface area (Å²) in [6.45, 7) is 4.93. The molecule has 18 heavy (non-hydrogen) atoms. The van der Waals surface area contributed by atoms with E-state index >= 15 is 0 Å². The SMILES string of the molecule is Cc1nn(C)cc1CNCc1c(C)nn(C)c1F. The lowest BCUT2D eigenvalue weighted by Crippen LogP contribution is -2.14. The number of aryl methyl sites for hydroxylation is 4. The van der Waals surface area contributed by atoms with Crippen LogP contribution in [0.15, 0.2) is 6.20 Å². The molecule has 0 aliphatic carbocycles. The summed E-state index contributed by atoms with van der Waals surface area (Å²) in [4.78, 5) is 0. The van der Waals surface area contributed by atoms with Crippen LogP contribution in [0.2, 0.25) is 0 Å². The first kappa shape index (κ1) is 12.8. The Hall–Kier alpha value is -1.69. The molecule has 0 radical (unpaired) electrons. The molecular formula is C12H18FN5. The Balaban J connectivity index is 1.98. The van der Waals surface area contributed by atoms with Crippen LogP contribution in [0.25, 0.3) is 0 Å². The molecule has 0 saturated heterocycles. The van der Waals surface area contributed by atoms with Crippen molar-refractivity contribution in [2.45, 2.75) is 26.9 Å². The number of aromatic nitrogens is 4. The van der Waals surface area contributed by atoms with Crippen LogP contribution in [-0.4, -0.2) is 19.6 Å². The Morgan fingerprint density at radius 3 is 2.39 bits per heavy atom. The van der Waals surface area contributed by atoms with Crippen LogP contribution < -0.4 is 5.32 Å². The maximum atomic E-state index is 13.7. The van der Waals surface area contributed by atoms with E-state index in [1.54, 1.807) is 11.7 Å². The molecule has 0 aliphatic heterocycles. The lowest BCUT2D eigenvalue weighted by molar-refractivity contribution is 0.489. The van der Waals surface area contributed by atoms with Crippen LogP contribution in [0, 0.1) is 19.8 Å². The normalized spacial score (nSPS) is 11.2. The van der Waals surface area contributed by atoms with Gasteiger partial charge in [-0.2, -0.15) is 14.6 Å². The highest BCUT2D eigenvalue weighted by Gasteiger charge is 2.12. The fourth-order valence-electron chi connectivity index (χ4n) is 2.02. The van der Waals surface area contributed by atoms with Crippen LogP contribution >= 0.6 is 0 Å². The highest BCUT2D eigenvalue weighted by Crippen LogP contribution is 2.11. The zero-order valence-electron chi connectivity index (χ0n) is 11.2. The van der Waals surface area contributed by atoms with Gasteiger partial charge in [0.05, 0.1) is 11.4 Å². The summed E-state index contributed by atoms with van der Waals surface area (Å²) >= 11 is 0. The Morgan fingerprint density at radius 1 is 1.17 bits per heavy atom. The van der Waals surface area contributed by atoms with Gasteiger partial charge < -0.3 is 5.32 Å². The lowest BCUT2D eigenvalue weighted by atomic mass is 10.2. The van der Waals surface area contributed by atoms with E-state index in [4.69, 9.17) is 0 Å². The molecule has 0 amide bonds. The van der Waals surface area contributed by atoms with Gasteiger partial charge in [-0.15, -0.1) is 0 Å². The van der Waals surface area contributed by atoms with Gasteiger partial charge in [0.15, 0.2) is 0 Å². The maximum absolute atomic E-state index is 13.7. The minimum atomic E-state index is -0.275. The highest BCUT2D eigenvalue weighted by atomic mass is 19.1. The van der Waals surface area contributed by atoms with Crippen molar-refractivity contribution in [1.82, 2.24) is 24.9 Å². The predicted octanol–water partition coefficient (Wildman–Crippen LogP) is 1.20. The van der Waals surface area contributed by atoms with Crippen LogP contribution in [0.4, 0.5) is 4.39 Å². The van der Waals surface area contributed by atoms with Crippen molar-refractivity contribution in [2.75, 3.05) is 0 Å². The molecule has 0 saturated carbocycles. The van der Waals surface area contributed by atoms with Crippen molar-refractivity contribution in [1.29, 1.82) is 0 Å². The van der Waals surface area contributed by atoms with Gasteiger partial charge in [-0.3, -0.25) is 4.68 Å². The Kier molecular flexibility index (Phi) is 3.47.